The first-order chi connectivity index (χ1) is 6.50. The Morgan fingerprint density at radius 1 is 0.667 bits per heavy atom. The van der Waals surface area contributed by atoms with Gasteiger partial charge in [0.05, 0.1) is 0 Å². The average molecular weight is 382 g/mol. The summed E-state index contributed by atoms with van der Waals surface area (Å²) >= 11 is 0. The number of alkyl halides is 6. The Morgan fingerprint density at radius 3 is 0.722 bits per heavy atom. The van der Waals surface area contributed by atoms with Crippen LogP contribution in [0.15, 0.2) is 0 Å². The first-order valence-electron chi connectivity index (χ1n) is 2.54. The van der Waals surface area contributed by atoms with Gasteiger partial charge in [0, 0.05) is 0 Å². The maximum Gasteiger partial charge on any atom is 2.00 e. The largest absolute Gasteiger partial charge is 2.00 e. The van der Waals surface area contributed by atoms with Gasteiger partial charge in [-0.3, -0.25) is 0 Å². The SMILES string of the molecule is O.O=S(=O)([O-])C(F)(F)F.O=S(=O)([O-])C(F)(F)F.[Zn+2]. The zero-order valence-corrected chi connectivity index (χ0v) is 12.3. The van der Waals surface area contributed by atoms with E-state index in [0.717, 1.165) is 0 Å². The van der Waals surface area contributed by atoms with Crippen LogP contribution in [0.4, 0.5) is 26.3 Å². The van der Waals surface area contributed by atoms with Gasteiger partial charge in [-0.2, -0.15) is 26.3 Å². The van der Waals surface area contributed by atoms with Crippen LogP contribution >= 0.6 is 0 Å². The van der Waals surface area contributed by atoms with Gasteiger partial charge in [-0.15, -0.1) is 0 Å². The van der Waals surface area contributed by atoms with Crippen LogP contribution in [0.5, 0.6) is 0 Å². The molecule has 0 unspecified atom stereocenters. The molecule has 0 bridgehead atoms. The summed E-state index contributed by atoms with van der Waals surface area (Å²) in [4.78, 5) is 0. The van der Waals surface area contributed by atoms with Crippen LogP contribution < -0.4 is 0 Å². The third-order valence-electron chi connectivity index (χ3n) is 0.567. The van der Waals surface area contributed by atoms with Crippen LogP contribution in [0.3, 0.4) is 0 Å². The monoisotopic (exact) mass is 380 g/mol. The van der Waals surface area contributed by atoms with Crippen molar-refractivity contribution in [3.05, 3.63) is 0 Å². The zero-order chi connectivity index (χ0) is 14.0. The molecule has 7 nitrogen and oxygen atoms in total. The molecule has 0 aromatic rings. The van der Waals surface area contributed by atoms with Crippen LogP contribution in [0.2, 0.25) is 0 Å². The van der Waals surface area contributed by atoms with E-state index in [1.807, 2.05) is 0 Å². The maximum atomic E-state index is 10.7. The molecular weight excluding hydrogens is 380 g/mol. The second-order valence-corrected chi connectivity index (χ2v) is 4.54. The van der Waals surface area contributed by atoms with Gasteiger partial charge in [0.15, 0.2) is 20.2 Å². The van der Waals surface area contributed by atoms with E-state index < -0.39 is 31.3 Å². The first kappa shape index (κ1) is 26.5. The molecule has 0 aliphatic rings. The van der Waals surface area contributed by atoms with Crippen molar-refractivity contribution >= 4 is 20.2 Å². The van der Waals surface area contributed by atoms with Crippen molar-refractivity contribution in [1.82, 2.24) is 0 Å². The third-order valence-corrected chi connectivity index (χ3v) is 1.70. The van der Waals surface area contributed by atoms with Crippen LogP contribution in [-0.2, 0) is 39.7 Å². The molecule has 0 atom stereocenters. The summed E-state index contributed by atoms with van der Waals surface area (Å²) in [5.41, 5.74) is -11.3. The van der Waals surface area contributed by atoms with Crippen LogP contribution in [-0.4, -0.2) is 42.4 Å². The minimum Gasteiger partial charge on any atom is -0.741 e. The molecule has 16 heteroatoms. The van der Waals surface area contributed by atoms with Gasteiger partial charge in [-0.25, -0.2) is 16.8 Å². The van der Waals surface area contributed by atoms with Gasteiger partial charge >= 0.3 is 30.5 Å². The summed E-state index contributed by atoms with van der Waals surface area (Å²) in [5, 5.41) is 0. The maximum absolute atomic E-state index is 10.7. The zero-order valence-electron chi connectivity index (χ0n) is 7.74. The van der Waals surface area contributed by atoms with Gasteiger partial charge < -0.3 is 14.6 Å². The summed E-state index contributed by atoms with van der Waals surface area (Å²) in [6, 6.07) is 0. The summed E-state index contributed by atoms with van der Waals surface area (Å²) in [5.74, 6) is 0. The first-order valence-corrected chi connectivity index (χ1v) is 5.36. The number of halogens is 6. The molecule has 0 aromatic carbocycles. The third kappa shape index (κ3) is 11.1. The van der Waals surface area contributed by atoms with E-state index in [1.165, 1.54) is 0 Å². The summed E-state index contributed by atoms with van der Waals surface area (Å²) in [6.07, 6.45) is 0. The number of hydrogen-bond donors (Lipinski definition) is 0. The van der Waals surface area contributed by atoms with Crippen molar-refractivity contribution < 1.29 is 77.2 Å². The minimum atomic E-state index is -6.09. The van der Waals surface area contributed by atoms with Crippen LogP contribution in [0, 0.1) is 0 Å². The quantitative estimate of drug-likeness (QED) is 0.234. The normalized spacial score (nSPS) is 12.4. The Morgan fingerprint density at radius 2 is 0.722 bits per heavy atom. The molecule has 2 N–H and O–H groups in total. The second-order valence-electron chi connectivity index (χ2n) is 1.80. The fraction of sp³-hybridized carbons (Fsp3) is 1.00. The molecule has 0 fully saturated rings. The van der Waals surface area contributed by atoms with Crippen molar-refractivity contribution in [2.45, 2.75) is 11.0 Å². The van der Waals surface area contributed by atoms with Crippen LogP contribution in [0.25, 0.3) is 0 Å². The number of hydrogen-bond acceptors (Lipinski definition) is 6. The molecular formula is C2H2F6O7S2Zn. The number of rotatable bonds is 0. The molecule has 0 rings (SSSR count). The molecule has 0 saturated heterocycles. The van der Waals surface area contributed by atoms with E-state index in [0.29, 0.717) is 0 Å². The van der Waals surface area contributed by atoms with Gasteiger partial charge in [-0.1, -0.05) is 0 Å². The molecule has 0 spiro atoms. The molecule has 0 amide bonds. The van der Waals surface area contributed by atoms with Gasteiger partial charge in [0.2, 0.25) is 0 Å². The van der Waals surface area contributed by atoms with E-state index in [-0.39, 0.29) is 25.0 Å². The standard InChI is InChI=1S/2CHF3O3S.H2O.Zn/c2*2-1(3,4)8(5,6)7;;/h2*(H,5,6,7);1H2;/q;;;+2/p-2. The Kier molecular flexibility index (Phi) is 11.1. The molecule has 18 heavy (non-hydrogen) atoms. The average Bonchev–Trinajstić information content (AvgIpc) is 1.77. The topological polar surface area (TPSA) is 146 Å². The fourth-order valence-electron chi connectivity index (χ4n) is 0. The van der Waals surface area contributed by atoms with Crippen molar-refractivity contribution in [1.29, 1.82) is 0 Å². The van der Waals surface area contributed by atoms with E-state index in [4.69, 9.17) is 25.9 Å². The van der Waals surface area contributed by atoms with Gasteiger partial charge in [-0.05, 0) is 0 Å². The van der Waals surface area contributed by atoms with E-state index in [1.54, 1.807) is 0 Å². The van der Waals surface area contributed by atoms with Gasteiger partial charge in [0.25, 0.3) is 0 Å². The van der Waals surface area contributed by atoms with E-state index in [9.17, 15) is 26.3 Å². The summed E-state index contributed by atoms with van der Waals surface area (Å²) in [6.45, 7) is 0. The Hall–Kier alpha value is -0.0166. The predicted octanol–water partition coefficient (Wildman–Crippen LogP) is -0.724. The van der Waals surface area contributed by atoms with Crippen molar-refractivity contribution in [3.8, 4) is 0 Å². The second kappa shape index (κ2) is 7.54. The van der Waals surface area contributed by atoms with Crippen molar-refractivity contribution in [3.63, 3.8) is 0 Å². The summed E-state index contributed by atoms with van der Waals surface area (Å²) in [7, 11) is -12.2. The Labute approximate surface area is 109 Å². The molecule has 108 valence electrons. The van der Waals surface area contributed by atoms with Crippen molar-refractivity contribution in [2.75, 3.05) is 0 Å². The Balaban J connectivity index is -0.0000000980. The molecule has 0 aliphatic heterocycles. The molecule has 0 heterocycles. The fourth-order valence-corrected chi connectivity index (χ4v) is 0. The molecule has 0 radical (unpaired) electrons. The summed E-state index contributed by atoms with van der Waals surface area (Å²) < 4.78 is 118. The van der Waals surface area contributed by atoms with E-state index >= 15 is 0 Å². The molecule has 0 saturated carbocycles. The predicted molar refractivity (Wildman–Crippen MR) is 35.1 cm³/mol. The van der Waals surface area contributed by atoms with E-state index in [2.05, 4.69) is 0 Å². The smallest absolute Gasteiger partial charge is 0.741 e. The Bertz CT molecular complexity index is 376. The molecule has 0 aliphatic carbocycles. The van der Waals surface area contributed by atoms with Crippen LogP contribution in [0.1, 0.15) is 0 Å². The minimum absolute atomic E-state index is 0. The molecule has 0 aromatic heterocycles. The van der Waals surface area contributed by atoms with Gasteiger partial charge in [0.1, 0.15) is 0 Å². The van der Waals surface area contributed by atoms with Crippen molar-refractivity contribution in [2.24, 2.45) is 0 Å².